The summed E-state index contributed by atoms with van der Waals surface area (Å²) in [5.41, 5.74) is 4.44. The number of rotatable bonds is 9. The number of benzene rings is 1. The number of nitrogens with zero attached hydrogens (tertiary/aromatic N) is 5. The van der Waals surface area contributed by atoms with Crippen LogP contribution in [0.3, 0.4) is 0 Å². The molecule has 1 fully saturated rings. The van der Waals surface area contributed by atoms with Crippen molar-refractivity contribution in [2.45, 2.75) is 19.1 Å². The van der Waals surface area contributed by atoms with E-state index < -0.39 is 30.0 Å². The SMILES string of the molecule is COCCN1C[C@@H](NC(=O)Nc2c(C)c(-c3ccnc(C(=O)NO)c3)nn2-c2ccccc2)[C@H](c2ccnc(F)c2)O1. The Morgan fingerprint density at radius 2 is 1.93 bits per heavy atom. The number of halogens is 1. The summed E-state index contributed by atoms with van der Waals surface area (Å²) in [5, 5.41) is 21.3. The smallest absolute Gasteiger partial charge is 0.320 e. The Balaban J connectivity index is 1.44. The molecule has 0 radical (unpaired) electrons. The summed E-state index contributed by atoms with van der Waals surface area (Å²) >= 11 is 0. The highest BCUT2D eigenvalue weighted by molar-refractivity contribution is 5.93. The highest BCUT2D eigenvalue weighted by Gasteiger charge is 2.37. The van der Waals surface area contributed by atoms with Gasteiger partial charge in [-0.2, -0.15) is 14.6 Å². The number of hydrogen-bond donors (Lipinski definition) is 4. The molecule has 14 heteroatoms. The number of carbonyl (C=O) groups excluding carboxylic acids is 2. The Hall–Kier alpha value is -4.76. The number of hydroxylamine groups is 3. The number of anilines is 1. The number of ether oxygens (including phenoxy) is 1. The Kier molecular flexibility index (Phi) is 8.78. The molecule has 1 aromatic carbocycles. The summed E-state index contributed by atoms with van der Waals surface area (Å²) < 4.78 is 20.7. The van der Waals surface area contributed by atoms with Crippen molar-refractivity contribution in [3.63, 3.8) is 0 Å². The molecule has 42 heavy (non-hydrogen) atoms. The van der Waals surface area contributed by atoms with E-state index >= 15 is 0 Å². The first-order valence-corrected chi connectivity index (χ1v) is 13.0. The molecule has 5 rings (SSSR count). The van der Waals surface area contributed by atoms with Crippen LogP contribution in [0.25, 0.3) is 16.9 Å². The van der Waals surface area contributed by atoms with Crippen molar-refractivity contribution in [1.82, 2.24) is 35.6 Å². The zero-order valence-corrected chi connectivity index (χ0v) is 22.8. The standard InChI is InChI=1S/C28H29FN8O5/c1-17-24(18-8-10-30-21(14-18)27(38)35-40)34-37(20-6-4-3-5-7-20)26(17)33-28(39)32-22-16-36(12-13-41-2)42-25(22)19-9-11-31-23(29)15-19/h3-11,14-15,22,25,40H,12-13,16H2,1-2H3,(H,35,38)(H2,32,33,39)/t22-,25+/m1/s1. The van der Waals surface area contributed by atoms with Gasteiger partial charge in [0.25, 0.3) is 5.91 Å². The number of hydrogen-bond acceptors (Lipinski definition) is 9. The maximum absolute atomic E-state index is 13.9. The van der Waals surface area contributed by atoms with Crippen molar-refractivity contribution in [3.05, 3.63) is 89.8 Å². The Labute approximate surface area is 240 Å². The van der Waals surface area contributed by atoms with Gasteiger partial charge in [0.1, 0.15) is 17.6 Å². The largest absolute Gasteiger partial charge is 0.383 e. The third-order valence-corrected chi connectivity index (χ3v) is 6.69. The van der Waals surface area contributed by atoms with Gasteiger partial charge in [0.05, 0.1) is 24.0 Å². The van der Waals surface area contributed by atoms with Crippen LogP contribution in [-0.2, 0) is 9.57 Å². The first kappa shape index (κ1) is 28.8. The number of methoxy groups -OCH3 is 1. The number of urea groups is 1. The molecule has 0 saturated carbocycles. The molecule has 0 aliphatic carbocycles. The van der Waals surface area contributed by atoms with Gasteiger partial charge in [-0.05, 0) is 48.9 Å². The van der Waals surface area contributed by atoms with E-state index in [1.165, 1.54) is 24.5 Å². The highest BCUT2D eigenvalue weighted by atomic mass is 19.1. The number of para-hydroxylation sites is 1. The van der Waals surface area contributed by atoms with E-state index in [4.69, 9.17) is 19.9 Å². The molecule has 4 aromatic rings. The van der Waals surface area contributed by atoms with E-state index in [1.807, 2.05) is 30.3 Å². The van der Waals surface area contributed by atoms with Crippen LogP contribution in [0, 0.1) is 12.9 Å². The van der Waals surface area contributed by atoms with Crippen LogP contribution in [0.2, 0.25) is 0 Å². The van der Waals surface area contributed by atoms with Crippen molar-refractivity contribution in [2.24, 2.45) is 0 Å². The summed E-state index contributed by atoms with van der Waals surface area (Å²) in [5.74, 6) is -1.03. The fraction of sp³-hybridized carbons (Fsp3) is 0.250. The van der Waals surface area contributed by atoms with E-state index in [0.717, 1.165) is 0 Å². The van der Waals surface area contributed by atoms with Crippen molar-refractivity contribution in [3.8, 4) is 16.9 Å². The van der Waals surface area contributed by atoms with Crippen LogP contribution < -0.4 is 16.1 Å². The maximum Gasteiger partial charge on any atom is 0.320 e. The lowest BCUT2D eigenvalue weighted by molar-refractivity contribution is -0.154. The predicted molar refractivity (Wildman–Crippen MR) is 148 cm³/mol. The lowest BCUT2D eigenvalue weighted by Gasteiger charge is -2.19. The summed E-state index contributed by atoms with van der Waals surface area (Å²) in [6, 6.07) is 14.2. The molecule has 3 amide bonds. The first-order valence-electron chi connectivity index (χ1n) is 13.0. The van der Waals surface area contributed by atoms with Crippen molar-refractivity contribution in [1.29, 1.82) is 0 Å². The summed E-state index contributed by atoms with van der Waals surface area (Å²) in [7, 11) is 1.58. The van der Waals surface area contributed by atoms with Gasteiger partial charge in [0.2, 0.25) is 5.95 Å². The lowest BCUT2D eigenvalue weighted by Crippen LogP contribution is -2.42. The minimum atomic E-state index is -0.767. The monoisotopic (exact) mass is 576 g/mol. The van der Waals surface area contributed by atoms with Crippen LogP contribution in [0.5, 0.6) is 0 Å². The quantitative estimate of drug-likeness (QED) is 0.134. The van der Waals surface area contributed by atoms with E-state index in [-0.39, 0.29) is 5.69 Å². The Morgan fingerprint density at radius 1 is 1.14 bits per heavy atom. The second-order valence-corrected chi connectivity index (χ2v) is 9.46. The molecule has 218 valence electrons. The molecule has 2 atom stereocenters. The van der Waals surface area contributed by atoms with Gasteiger partial charge >= 0.3 is 6.03 Å². The molecule has 1 aliphatic heterocycles. The van der Waals surface area contributed by atoms with Gasteiger partial charge in [0.15, 0.2) is 0 Å². The predicted octanol–water partition coefficient (Wildman–Crippen LogP) is 3.02. The fourth-order valence-electron chi connectivity index (χ4n) is 4.68. The van der Waals surface area contributed by atoms with Crippen LogP contribution in [-0.4, -0.2) is 74.8 Å². The zero-order valence-electron chi connectivity index (χ0n) is 22.8. The van der Waals surface area contributed by atoms with Crippen LogP contribution >= 0.6 is 0 Å². The van der Waals surface area contributed by atoms with Crippen LogP contribution in [0.4, 0.5) is 15.0 Å². The molecular formula is C28H29FN8O5. The van der Waals surface area contributed by atoms with Crippen molar-refractivity contribution in [2.75, 3.05) is 32.1 Å². The Morgan fingerprint density at radius 3 is 2.67 bits per heavy atom. The fourth-order valence-corrected chi connectivity index (χ4v) is 4.68. The van der Waals surface area contributed by atoms with Crippen LogP contribution in [0.15, 0.2) is 67.0 Å². The number of aromatic nitrogens is 4. The summed E-state index contributed by atoms with van der Waals surface area (Å²) in [6.45, 7) is 2.98. The molecule has 0 unspecified atom stereocenters. The molecular weight excluding hydrogens is 547 g/mol. The molecule has 13 nitrogen and oxygen atoms in total. The van der Waals surface area contributed by atoms with E-state index in [0.29, 0.717) is 53.6 Å². The van der Waals surface area contributed by atoms with Gasteiger partial charge in [-0.1, -0.05) is 18.2 Å². The number of carbonyl (C=O) groups is 2. The molecule has 0 spiro atoms. The minimum Gasteiger partial charge on any atom is -0.383 e. The first-order chi connectivity index (χ1) is 20.4. The second kappa shape index (κ2) is 12.8. The van der Waals surface area contributed by atoms with Crippen molar-refractivity contribution < 1.29 is 28.8 Å². The summed E-state index contributed by atoms with van der Waals surface area (Å²) in [4.78, 5) is 39.0. The Bertz CT molecular complexity index is 1570. The van der Waals surface area contributed by atoms with E-state index in [2.05, 4.69) is 20.6 Å². The third kappa shape index (κ3) is 6.26. The third-order valence-electron chi connectivity index (χ3n) is 6.69. The van der Waals surface area contributed by atoms with Gasteiger partial charge in [-0.15, -0.1) is 0 Å². The second-order valence-electron chi connectivity index (χ2n) is 9.46. The molecule has 3 aromatic heterocycles. The van der Waals surface area contributed by atoms with Crippen molar-refractivity contribution >= 4 is 17.8 Å². The number of amides is 3. The average molecular weight is 577 g/mol. The maximum atomic E-state index is 13.9. The number of nitrogens with one attached hydrogen (secondary N) is 3. The van der Waals surface area contributed by atoms with Gasteiger partial charge < -0.3 is 10.1 Å². The molecule has 0 bridgehead atoms. The van der Waals surface area contributed by atoms with Gasteiger partial charge in [-0.25, -0.2) is 19.9 Å². The molecule has 4 N–H and O–H groups in total. The van der Waals surface area contributed by atoms with Gasteiger partial charge in [-0.3, -0.25) is 25.1 Å². The average Bonchev–Trinajstić information content (AvgIpc) is 3.56. The minimum absolute atomic E-state index is 0.00577. The van der Waals surface area contributed by atoms with Crippen LogP contribution in [0.1, 0.15) is 27.7 Å². The molecule has 1 saturated heterocycles. The van der Waals surface area contributed by atoms with Gasteiger partial charge in [0, 0.05) is 43.7 Å². The van der Waals surface area contributed by atoms with E-state index in [1.54, 1.807) is 41.4 Å². The summed E-state index contributed by atoms with van der Waals surface area (Å²) in [6.07, 6.45) is 2.12. The normalized spacial score (nSPS) is 16.8. The zero-order chi connectivity index (χ0) is 29.6. The number of pyridine rings is 2. The highest BCUT2D eigenvalue weighted by Crippen LogP contribution is 2.32. The topological polar surface area (TPSA) is 156 Å². The molecule has 1 aliphatic rings. The van der Waals surface area contributed by atoms with E-state index in [9.17, 15) is 14.0 Å². The molecule has 4 heterocycles. The lowest BCUT2D eigenvalue weighted by atomic mass is 10.0.